The number of hydrogen-bond donors (Lipinski definition) is 0. The van der Waals surface area contributed by atoms with Gasteiger partial charge in [0.1, 0.15) is 5.82 Å². The molecular formula is C11H9BrClFN4O. The summed E-state index contributed by atoms with van der Waals surface area (Å²) in [6.07, 6.45) is 0.271. The normalized spacial score (nSPS) is 18.6. The van der Waals surface area contributed by atoms with Crippen molar-refractivity contribution in [2.45, 2.75) is 6.42 Å². The molecule has 5 nitrogen and oxygen atoms in total. The zero-order valence-electron chi connectivity index (χ0n) is 9.68. The maximum atomic E-state index is 13.5. The molecule has 0 aromatic heterocycles. The highest BCUT2D eigenvalue weighted by Crippen LogP contribution is 2.34. The molecule has 1 aromatic rings. The number of carbonyl (C=O) groups is 1. The molecule has 1 amide bonds. The molecule has 0 bridgehead atoms. The van der Waals surface area contributed by atoms with Crippen molar-refractivity contribution in [3.63, 3.8) is 0 Å². The van der Waals surface area contributed by atoms with Crippen molar-refractivity contribution >= 4 is 39.1 Å². The Bertz CT molecular complexity index is 576. The lowest BCUT2D eigenvalue weighted by molar-refractivity contribution is -0.117. The van der Waals surface area contributed by atoms with Crippen molar-refractivity contribution < 1.29 is 9.18 Å². The van der Waals surface area contributed by atoms with E-state index in [9.17, 15) is 9.18 Å². The van der Waals surface area contributed by atoms with Crippen LogP contribution in [-0.2, 0) is 4.79 Å². The van der Waals surface area contributed by atoms with Gasteiger partial charge in [0, 0.05) is 30.5 Å². The van der Waals surface area contributed by atoms with Gasteiger partial charge in [-0.3, -0.25) is 4.79 Å². The predicted molar refractivity (Wildman–Crippen MR) is 73.6 cm³/mol. The summed E-state index contributed by atoms with van der Waals surface area (Å²) in [6, 6.07) is 2.64. The molecule has 1 saturated heterocycles. The third-order valence-electron chi connectivity index (χ3n) is 2.89. The fourth-order valence-corrected chi connectivity index (χ4v) is 2.75. The van der Waals surface area contributed by atoms with E-state index in [1.165, 1.54) is 17.0 Å². The Morgan fingerprint density at radius 3 is 3.05 bits per heavy atom. The number of halogens is 3. The third kappa shape index (κ3) is 3.00. The number of nitrogens with zero attached hydrogens (tertiary/aromatic N) is 4. The standard InChI is InChI=1S/C11H9BrClFN4O/c12-7-2-8(13)10(3-9(7)14)18-5-6(1-11(18)19)4-16-17-15/h2-3,6H,1,4-5H2. The van der Waals surface area contributed by atoms with Crippen molar-refractivity contribution in [3.05, 3.63) is 37.9 Å². The molecule has 100 valence electrons. The molecule has 1 heterocycles. The van der Waals surface area contributed by atoms with Crippen LogP contribution in [0.2, 0.25) is 5.02 Å². The van der Waals surface area contributed by atoms with E-state index in [-0.39, 0.29) is 29.3 Å². The molecule has 8 heteroatoms. The van der Waals surface area contributed by atoms with Crippen molar-refractivity contribution in [2.75, 3.05) is 18.0 Å². The van der Waals surface area contributed by atoms with E-state index in [1.54, 1.807) is 0 Å². The summed E-state index contributed by atoms with van der Waals surface area (Å²) in [6.45, 7) is 0.619. The third-order valence-corrected chi connectivity index (χ3v) is 3.80. The van der Waals surface area contributed by atoms with Gasteiger partial charge < -0.3 is 4.90 Å². The first kappa shape index (κ1) is 14.1. The molecule has 1 fully saturated rings. The van der Waals surface area contributed by atoms with Crippen molar-refractivity contribution in [1.29, 1.82) is 0 Å². The molecule has 1 aliphatic rings. The van der Waals surface area contributed by atoms with E-state index in [2.05, 4.69) is 26.0 Å². The highest BCUT2D eigenvalue weighted by Gasteiger charge is 2.31. The number of rotatable bonds is 3. The first-order chi connectivity index (χ1) is 9.02. The second kappa shape index (κ2) is 5.77. The van der Waals surface area contributed by atoms with E-state index >= 15 is 0 Å². The van der Waals surface area contributed by atoms with Gasteiger partial charge >= 0.3 is 0 Å². The quantitative estimate of drug-likeness (QED) is 0.354. The first-order valence-corrected chi connectivity index (χ1v) is 6.65. The Morgan fingerprint density at radius 2 is 2.37 bits per heavy atom. The van der Waals surface area contributed by atoms with Crippen LogP contribution in [0, 0.1) is 11.7 Å². The number of azide groups is 1. The predicted octanol–water partition coefficient (Wildman–Crippen LogP) is 3.90. The van der Waals surface area contributed by atoms with Crippen molar-refractivity contribution in [1.82, 2.24) is 0 Å². The summed E-state index contributed by atoms with van der Waals surface area (Å²) >= 11 is 9.06. The number of carbonyl (C=O) groups excluding carboxylic acids is 1. The van der Waals surface area contributed by atoms with Gasteiger partial charge in [0.25, 0.3) is 0 Å². The molecule has 1 aliphatic heterocycles. The summed E-state index contributed by atoms with van der Waals surface area (Å²) in [7, 11) is 0. The van der Waals surface area contributed by atoms with Crippen LogP contribution in [0.25, 0.3) is 10.4 Å². The van der Waals surface area contributed by atoms with Crippen LogP contribution in [0.1, 0.15) is 6.42 Å². The summed E-state index contributed by atoms with van der Waals surface area (Å²) in [5, 5.41) is 3.75. The maximum absolute atomic E-state index is 13.5. The average molecular weight is 348 g/mol. The lowest BCUT2D eigenvalue weighted by Crippen LogP contribution is -2.25. The Labute approximate surface area is 122 Å². The smallest absolute Gasteiger partial charge is 0.227 e. The van der Waals surface area contributed by atoms with E-state index in [0.29, 0.717) is 17.3 Å². The van der Waals surface area contributed by atoms with Crippen LogP contribution in [0.15, 0.2) is 21.7 Å². The SMILES string of the molecule is [N-]=[N+]=NCC1CC(=O)N(c2cc(F)c(Br)cc2Cl)C1. The Hall–Kier alpha value is -1.30. The van der Waals surface area contributed by atoms with Crippen molar-refractivity contribution in [3.8, 4) is 0 Å². The van der Waals surface area contributed by atoms with Crippen LogP contribution in [0.4, 0.5) is 10.1 Å². The number of amides is 1. The van der Waals surface area contributed by atoms with Gasteiger partial charge in [-0.1, -0.05) is 16.7 Å². The zero-order chi connectivity index (χ0) is 14.0. The summed E-state index contributed by atoms with van der Waals surface area (Å²) in [5.74, 6) is -0.696. The fourth-order valence-electron chi connectivity index (χ4n) is 2.01. The molecule has 19 heavy (non-hydrogen) atoms. The molecule has 0 aliphatic carbocycles. The summed E-state index contributed by atoms with van der Waals surface area (Å²) in [4.78, 5) is 16.0. The largest absolute Gasteiger partial charge is 0.311 e. The molecule has 2 rings (SSSR count). The second-order valence-electron chi connectivity index (χ2n) is 4.21. The van der Waals surface area contributed by atoms with Gasteiger partial charge in [0.2, 0.25) is 5.91 Å². The highest BCUT2D eigenvalue weighted by atomic mass is 79.9. The topological polar surface area (TPSA) is 69.1 Å². The summed E-state index contributed by atoms with van der Waals surface area (Å²) in [5.41, 5.74) is 8.61. The summed E-state index contributed by atoms with van der Waals surface area (Å²) < 4.78 is 13.8. The lowest BCUT2D eigenvalue weighted by Gasteiger charge is -2.18. The average Bonchev–Trinajstić information content (AvgIpc) is 2.72. The molecular weight excluding hydrogens is 339 g/mol. The molecule has 0 saturated carbocycles. The van der Waals surface area contributed by atoms with Gasteiger partial charge in [0.05, 0.1) is 15.2 Å². The van der Waals surface area contributed by atoms with Gasteiger partial charge in [-0.05, 0) is 33.4 Å². The lowest BCUT2D eigenvalue weighted by atomic mass is 10.1. The molecule has 1 aromatic carbocycles. The molecule has 1 unspecified atom stereocenters. The monoisotopic (exact) mass is 346 g/mol. The fraction of sp³-hybridized carbons (Fsp3) is 0.364. The highest BCUT2D eigenvalue weighted by molar-refractivity contribution is 9.10. The number of anilines is 1. The van der Waals surface area contributed by atoms with Crippen molar-refractivity contribution in [2.24, 2.45) is 11.0 Å². The molecule has 1 atom stereocenters. The van der Waals surface area contributed by atoms with Crippen LogP contribution in [-0.4, -0.2) is 19.0 Å². The minimum atomic E-state index is -0.481. The van der Waals surface area contributed by atoms with E-state index in [4.69, 9.17) is 17.1 Å². The zero-order valence-corrected chi connectivity index (χ0v) is 12.0. The van der Waals surface area contributed by atoms with Crippen LogP contribution >= 0.6 is 27.5 Å². The minimum Gasteiger partial charge on any atom is -0.311 e. The van der Waals surface area contributed by atoms with Gasteiger partial charge in [-0.15, -0.1) is 0 Å². The van der Waals surface area contributed by atoms with E-state index in [1.807, 2.05) is 0 Å². The molecule has 0 radical (unpaired) electrons. The molecule has 0 spiro atoms. The number of benzene rings is 1. The van der Waals surface area contributed by atoms with E-state index in [0.717, 1.165) is 0 Å². The van der Waals surface area contributed by atoms with Gasteiger partial charge in [-0.25, -0.2) is 4.39 Å². The van der Waals surface area contributed by atoms with Crippen LogP contribution < -0.4 is 4.90 Å². The second-order valence-corrected chi connectivity index (χ2v) is 5.47. The maximum Gasteiger partial charge on any atom is 0.227 e. The van der Waals surface area contributed by atoms with E-state index < -0.39 is 5.82 Å². The first-order valence-electron chi connectivity index (χ1n) is 5.48. The van der Waals surface area contributed by atoms with Gasteiger partial charge in [0.15, 0.2) is 0 Å². The van der Waals surface area contributed by atoms with Crippen LogP contribution in [0.3, 0.4) is 0 Å². The van der Waals surface area contributed by atoms with Gasteiger partial charge in [-0.2, -0.15) is 0 Å². The molecule has 0 N–H and O–H groups in total. The Morgan fingerprint density at radius 1 is 1.63 bits per heavy atom. The number of hydrogen-bond acceptors (Lipinski definition) is 2. The minimum absolute atomic E-state index is 0.0637. The Balaban J connectivity index is 2.25. The Kier molecular flexibility index (Phi) is 4.29. The van der Waals surface area contributed by atoms with Crippen LogP contribution in [0.5, 0.6) is 0 Å².